The second-order valence-corrected chi connectivity index (χ2v) is 3.07. The molecule has 0 amide bonds. The Kier molecular flexibility index (Phi) is 3.50. The highest BCUT2D eigenvalue weighted by Crippen LogP contribution is 2.20. The van der Waals surface area contributed by atoms with E-state index in [-0.39, 0.29) is 5.75 Å². The van der Waals surface area contributed by atoms with E-state index in [1.807, 2.05) is 6.07 Å². The van der Waals surface area contributed by atoms with Crippen molar-refractivity contribution < 1.29 is 9.90 Å². The van der Waals surface area contributed by atoms with Crippen molar-refractivity contribution in [1.29, 1.82) is 0 Å². The SMILES string of the molecule is CCCCc1cccc(O)c1C=O. The maximum atomic E-state index is 10.7. The smallest absolute Gasteiger partial charge is 0.154 e. The third kappa shape index (κ3) is 2.31. The molecule has 0 aliphatic rings. The fourth-order valence-corrected chi connectivity index (χ4v) is 1.32. The Labute approximate surface area is 78.2 Å². The first kappa shape index (κ1) is 9.78. The van der Waals surface area contributed by atoms with E-state index in [1.54, 1.807) is 12.1 Å². The number of phenolic OH excluding ortho intramolecular Hbond substituents is 1. The van der Waals surface area contributed by atoms with Gasteiger partial charge < -0.3 is 5.11 Å². The molecule has 1 N–H and O–H groups in total. The summed E-state index contributed by atoms with van der Waals surface area (Å²) in [5.74, 6) is 0.0867. The van der Waals surface area contributed by atoms with E-state index >= 15 is 0 Å². The summed E-state index contributed by atoms with van der Waals surface area (Å²) in [5, 5.41) is 9.36. The highest BCUT2D eigenvalue weighted by Gasteiger charge is 2.05. The standard InChI is InChI=1S/C11H14O2/c1-2-3-5-9-6-4-7-11(13)10(9)8-12/h4,6-8,13H,2-3,5H2,1H3. The molecule has 0 saturated carbocycles. The van der Waals surface area contributed by atoms with Crippen molar-refractivity contribution in [3.63, 3.8) is 0 Å². The summed E-state index contributed by atoms with van der Waals surface area (Å²) in [5.41, 5.74) is 1.38. The van der Waals surface area contributed by atoms with Crippen LogP contribution in [0.5, 0.6) is 5.75 Å². The number of hydrogen-bond acceptors (Lipinski definition) is 2. The summed E-state index contributed by atoms with van der Waals surface area (Å²) in [6.45, 7) is 2.10. The van der Waals surface area contributed by atoms with E-state index < -0.39 is 0 Å². The topological polar surface area (TPSA) is 37.3 Å². The van der Waals surface area contributed by atoms with Crippen LogP contribution in [0.1, 0.15) is 35.7 Å². The van der Waals surface area contributed by atoms with Gasteiger partial charge in [-0.05, 0) is 24.5 Å². The molecule has 0 saturated heterocycles. The van der Waals surface area contributed by atoms with Gasteiger partial charge in [-0.2, -0.15) is 0 Å². The van der Waals surface area contributed by atoms with Crippen LogP contribution in [-0.4, -0.2) is 11.4 Å². The van der Waals surface area contributed by atoms with E-state index in [9.17, 15) is 9.90 Å². The van der Waals surface area contributed by atoms with Crippen molar-refractivity contribution in [3.8, 4) is 5.75 Å². The molecule has 0 fully saturated rings. The average molecular weight is 178 g/mol. The van der Waals surface area contributed by atoms with Crippen LogP contribution in [0, 0.1) is 0 Å². The van der Waals surface area contributed by atoms with E-state index in [4.69, 9.17) is 0 Å². The third-order valence-electron chi connectivity index (χ3n) is 2.09. The Morgan fingerprint density at radius 1 is 1.46 bits per heavy atom. The molecule has 0 bridgehead atoms. The first-order chi connectivity index (χ1) is 6.29. The number of phenols is 1. The minimum absolute atomic E-state index is 0.0867. The quantitative estimate of drug-likeness (QED) is 0.719. The summed E-state index contributed by atoms with van der Waals surface area (Å²) in [7, 11) is 0. The lowest BCUT2D eigenvalue weighted by Gasteiger charge is -2.04. The zero-order valence-electron chi connectivity index (χ0n) is 7.79. The molecule has 2 heteroatoms. The highest BCUT2D eigenvalue weighted by molar-refractivity contribution is 5.81. The minimum Gasteiger partial charge on any atom is -0.507 e. The van der Waals surface area contributed by atoms with Crippen molar-refractivity contribution in [3.05, 3.63) is 29.3 Å². The van der Waals surface area contributed by atoms with Gasteiger partial charge in [-0.3, -0.25) is 4.79 Å². The maximum absolute atomic E-state index is 10.7. The Hall–Kier alpha value is -1.31. The average Bonchev–Trinajstić information content (AvgIpc) is 2.15. The predicted octanol–water partition coefficient (Wildman–Crippen LogP) is 2.55. The second-order valence-electron chi connectivity index (χ2n) is 3.07. The lowest BCUT2D eigenvalue weighted by atomic mass is 10.0. The van der Waals surface area contributed by atoms with E-state index in [2.05, 4.69) is 6.92 Å². The molecule has 1 aromatic rings. The van der Waals surface area contributed by atoms with Gasteiger partial charge in [0.1, 0.15) is 5.75 Å². The first-order valence-corrected chi connectivity index (χ1v) is 4.55. The van der Waals surface area contributed by atoms with E-state index in [0.29, 0.717) is 5.56 Å². The van der Waals surface area contributed by atoms with Gasteiger partial charge in [0.05, 0.1) is 5.56 Å². The minimum atomic E-state index is 0.0867. The molecule has 0 aliphatic heterocycles. The summed E-state index contributed by atoms with van der Waals surface area (Å²) >= 11 is 0. The number of benzene rings is 1. The Morgan fingerprint density at radius 3 is 2.85 bits per heavy atom. The molecule has 0 aliphatic carbocycles. The van der Waals surface area contributed by atoms with Crippen LogP contribution in [0.15, 0.2) is 18.2 Å². The fourth-order valence-electron chi connectivity index (χ4n) is 1.32. The van der Waals surface area contributed by atoms with Crippen LogP contribution >= 0.6 is 0 Å². The summed E-state index contributed by atoms with van der Waals surface area (Å²) in [6.07, 6.45) is 3.72. The summed E-state index contributed by atoms with van der Waals surface area (Å²) in [6, 6.07) is 5.20. The fraction of sp³-hybridized carbons (Fsp3) is 0.364. The lowest BCUT2D eigenvalue weighted by Crippen LogP contribution is -1.92. The molecule has 70 valence electrons. The molecule has 1 aromatic carbocycles. The number of carbonyl (C=O) groups is 1. The van der Waals surface area contributed by atoms with Crippen LogP contribution in [0.3, 0.4) is 0 Å². The van der Waals surface area contributed by atoms with Gasteiger partial charge in [0, 0.05) is 0 Å². The summed E-state index contributed by atoms with van der Waals surface area (Å²) in [4.78, 5) is 10.7. The molecule has 0 radical (unpaired) electrons. The molecule has 0 heterocycles. The number of aldehydes is 1. The van der Waals surface area contributed by atoms with Crippen LogP contribution in [0.25, 0.3) is 0 Å². The molecule has 0 atom stereocenters. The normalized spacial score (nSPS) is 9.92. The van der Waals surface area contributed by atoms with Gasteiger partial charge in [0.15, 0.2) is 6.29 Å². The van der Waals surface area contributed by atoms with Crippen molar-refractivity contribution in [2.24, 2.45) is 0 Å². The molecule has 13 heavy (non-hydrogen) atoms. The third-order valence-corrected chi connectivity index (χ3v) is 2.09. The highest BCUT2D eigenvalue weighted by atomic mass is 16.3. The molecular weight excluding hydrogens is 164 g/mol. The zero-order chi connectivity index (χ0) is 9.68. The van der Waals surface area contributed by atoms with Crippen LogP contribution in [-0.2, 0) is 6.42 Å². The van der Waals surface area contributed by atoms with E-state index in [0.717, 1.165) is 31.1 Å². The predicted molar refractivity (Wildman–Crippen MR) is 52.1 cm³/mol. The molecule has 1 rings (SSSR count). The molecular formula is C11H14O2. The number of aromatic hydroxyl groups is 1. The Morgan fingerprint density at radius 2 is 2.23 bits per heavy atom. The number of hydrogen-bond donors (Lipinski definition) is 1. The molecule has 2 nitrogen and oxygen atoms in total. The van der Waals surface area contributed by atoms with Gasteiger partial charge in [0.2, 0.25) is 0 Å². The zero-order valence-corrected chi connectivity index (χ0v) is 7.79. The number of rotatable bonds is 4. The number of aryl methyl sites for hydroxylation is 1. The van der Waals surface area contributed by atoms with Gasteiger partial charge in [-0.15, -0.1) is 0 Å². The van der Waals surface area contributed by atoms with Gasteiger partial charge >= 0.3 is 0 Å². The maximum Gasteiger partial charge on any atom is 0.154 e. The van der Waals surface area contributed by atoms with Gasteiger partial charge in [-0.25, -0.2) is 0 Å². The Balaban J connectivity index is 2.91. The monoisotopic (exact) mass is 178 g/mol. The van der Waals surface area contributed by atoms with Gasteiger partial charge in [0.25, 0.3) is 0 Å². The molecule has 0 spiro atoms. The van der Waals surface area contributed by atoms with Crippen molar-refractivity contribution in [1.82, 2.24) is 0 Å². The summed E-state index contributed by atoms with van der Waals surface area (Å²) < 4.78 is 0. The van der Waals surface area contributed by atoms with Crippen molar-refractivity contribution in [2.45, 2.75) is 26.2 Å². The second kappa shape index (κ2) is 4.65. The number of unbranched alkanes of at least 4 members (excludes halogenated alkanes) is 1. The number of carbonyl (C=O) groups excluding carboxylic acids is 1. The van der Waals surface area contributed by atoms with Gasteiger partial charge in [-0.1, -0.05) is 25.5 Å². The van der Waals surface area contributed by atoms with Crippen LogP contribution < -0.4 is 0 Å². The molecule has 0 aromatic heterocycles. The lowest BCUT2D eigenvalue weighted by molar-refractivity contribution is 0.112. The largest absolute Gasteiger partial charge is 0.507 e. The first-order valence-electron chi connectivity index (χ1n) is 4.55. The Bertz CT molecular complexity index is 292. The van der Waals surface area contributed by atoms with Crippen molar-refractivity contribution in [2.75, 3.05) is 0 Å². The molecule has 0 unspecified atom stereocenters. The van der Waals surface area contributed by atoms with Crippen molar-refractivity contribution >= 4 is 6.29 Å². The van der Waals surface area contributed by atoms with Crippen LogP contribution in [0.2, 0.25) is 0 Å². The van der Waals surface area contributed by atoms with E-state index in [1.165, 1.54) is 0 Å². The van der Waals surface area contributed by atoms with Crippen LogP contribution in [0.4, 0.5) is 0 Å².